The number of nitrogens with zero attached hydrogens (tertiary/aromatic N) is 2. The van der Waals surface area contributed by atoms with Gasteiger partial charge in [0, 0.05) is 18.2 Å². The average Bonchev–Trinajstić information content (AvgIpc) is 2.64. The Morgan fingerprint density at radius 1 is 1.42 bits per heavy atom. The van der Waals surface area contributed by atoms with E-state index in [2.05, 4.69) is 28.7 Å². The largest absolute Gasteiger partial charge is 0.326 e. The summed E-state index contributed by atoms with van der Waals surface area (Å²) in [7, 11) is 0. The monoisotopic (exact) mass is 259 g/mol. The minimum atomic E-state index is 0.0573. The summed E-state index contributed by atoms with van der Waals surface area (Å²) in [5.41, 5.74) is 2.86. The van der Waals surface area contributed by atoms with Gasteiger partial charge in [-0.2, -0.15) is 0 Å². The van der Waals surface area contributed by atoms with Crippen LogP contribution in [0.5, 0.6) is 0 Å². The lowest BCUT2D eigenvalue weighted by Crippen LogP contribution is -2.10. The second kappa shape index (κ2) is 5.43. The first-order valence-electron chi connectivity index (χ1n) is 6.81. The van der Waals surface area contributed by atoms with E-state index in [1.807, 2.05) is 32.0 Å². The molecule has 1 aromatic heterocycles. The number of imidazole rings is 1. The van der Waals surface area contributed by atoms with Crippen LogP contribution in [0.1, 0.15) is 45.5 Å². The van der Waals surface area contributed by atoms with Crippen molar-refractivity contribution in [2.24, 2.45) is 0 Å². The van der Waals surface area contributed by atoms with Crippen molar-refractivity contribution < 1.29 is 4.79 Å². The standard InChI is InChI=1S/C15H21N3O/c1-5-6-15(19)17-12-7-8-14-13(9-12)16-11(4)18(14)10(2)3/h7-10H,5-6H2,1-4H3,(H,17,19). The van der Waals surface area contributed by atoms with Crippen LogP contribution in [0.2, 0.25) is 0 Å². The van der Waals surface area contributed by atoms with Crippen LogP contribution in [-0.4, -0.2) is 15.5 Å². The number of rotatable bonds is 4. The fourth-order valence-corrected chi connectivity index (χ4v) is 2.40. The molecule has 2 rings (SSSR count). The van der Waals surface area contributed by atoms with Gasteiger partial charge in [-0.1, -0.05) is 6.92 Å². The van der Waals surface area contributed by atoms with Gasteiger partial charge in [0.2, 0.25) is 5.91 Å². The molecule has 1 heterocycles. The Labute approximate surface area is 113 Å². The van der Waals surface area contributed by atoms with Crippen LogP contribution in [-0.2, 0) is 4.79 Å². The number of benzene rings is 1. The SMILES string of the molecule is CCCC(=O)Nc1ccc2c(c1)nc(C)n2C(C)C. The smallest absolute Gasteiger partial charge is 0.224 e. The number of hydrogen-bond donors (Lipinski definition) is 1. The van der Waals surface area contributed by atoms with Gasteiger partial charge in [-0.15, -0.1) is 0 Å². The lowest BCUT2D eigenvalue weighted by molar-refractivity contribution is -0.116. The topological polar surface area (TPSA) is 46.9 Å². The van der Waals surface area contributed by atoms with E-state index in [9.17, 15) is 4.79 Å². The highest BCUT2D eigenvalue weighted by Gasteiger charge is 2.11. The van der Waals surface area contributed by atoms with Crippen LogP contribution >= 0.6 is 0 Å². The van der Waals surface area contributed by atoms with Crippen LogP contribution in [0.4, 0.5) is 5.69 Å². The highest BCUT2D eigenvalue weighted by molar-refractivity contribution is 5.93. The summed E-state index contributed by atoms with van der Waals surface area (Å²) in [5, 5.41) is 2.90. The van der Waals surface area contributed by atoms with Crippen molar-refractivity contribution in [3.05, 3.63) is 24.0 Å². The summed E-state index contributed by atoms with van der Waals surface area (Å²) in [6, 6.07) is 6.28. The summed E-state index contributed by atoms with van der Waals surface area (Å²) < 4.78 is 2.20. The van der Waals surface area contributed by atoms with Gasteiger partial charge in [0.15, 0.2) is 0 Å². The Morgan fingerprint density at radius 3 is 2.79 bits per heavy atom. The van der Waals surface area contributed by atoms with Crippen molar-refractivity contribution in [3.63, 3.8) is 0 Å². The predicted molar refractivity (Wildman–Crippen MR) is 78.4 cm³/mol. The van der Waals surface area contributed by atoms with Crippen molar-refractivity contribution in [3.8, 4) is 0 Å². The summed E-state index contributed by atoms with van der Waals surface area (Å²) in [6.45, 7) is 8.29. The normalized spacial score (nSPS) is 11.2. The molecule has 4 nitrogen and oxygen atoms in total. The Kier molecular flexibility index (Phi) is 3.88. The van der Waals surface area contributed by atoms with Crippen molar-refractivity contribution in [1.29, 1.82) is 0 Å². The lowest BCUT2D eigenvalue weighted by atomic mass is 10.2. The van der Waals surface area contributed by atoms with Gasteiger partial charge in [-0.25, -0.2) is 4.98 Å². The molecule has 4 heteroatoms. The number of carbonyl (C=O) groups excluding carboxylic acids is 1. The third-order valence-electron chi connectivity index (χ3n) is 3.14. The molecule has 19 heavy (non-hydrogen) atoms. The van der Waals surface area contributed by atoms with Crippen molar-refractivity contribution in [2.45, 2.75) is 46.6 Å². The van der Waals surface area contributed by atoms with E-state index in [0.29, 0.717) is 12.5 Å². The Morgan fingerprint density at radius 2 is 2.16 bits per heavy atom. The van der Waals surface area contributed by atoms with Crippen LogP contribution in [0.15, 0.2) is 18.2 Å². The molecule has 0 atom stereocenters. The van der Waals surface area contributed by atoms with E-state index in [1.165, 1.54) is 0 Å². The number of amides is 1. The molecule has 0 aliphatic rings. The summed E-state index contributed by atoms with van der Waals surface area (Å²) in [5.74, 6) is 1.06. The molecular weight excluding hydrogens is 238 g/mol. The molecule has 0 aliphatic carbocycles. The molecule has 0 saturated carbocycles. The van der Waals surface area contributed by atoms with E-state index in [-0.39, 0.29) is 5.91 Å². The predicted octanol–water partition coefficient (Wildman–Crippen LogP) is 3.66. The number of aromatic nitrogens is 2. The van der Waals surface area contributed by atoms with Crippen LogP contribution < -0.4 is 5.32 Å². The van der Waals surface area contributed by atoms with Gasteiger partial charge in [0.1, 0.15) is 5.82 Å². The van der Waals surface area contributed by atoms with E-state index in [0.717, 1.165) is 29.0 Å². The average molecular weight is 259 g/mol. The molecule has 0 unspecified atom stereocenters. The van der Waals surface area contributed by atoms with Crippen molar-refractivity contribution >= 4 is 22.6 Å². The first kappa shape index (κ1) is 13.6. The van der Waals surface area contributed by atoms with Gasteiger partial charge in [0.25, 0.3) is 0 Å². The third-order valence-corrected chi connectivity index (χ3v) is 3.14. The lowest BCUT2D eigenvalue weighted by Gasteiger charge is -2.11. The van der Waals surface area contributed by atoms with Gasteiger partial charge in [-0.05, 0) is 45.4 Å². The van der Waals surface area contributed by atoms with Crippen LogP contribution in [0, 0.1) is 6.92 Å². The Hall–Kier alpha value is -1.84. The summed E-state index contributed by atoms with van der Waals surface area (Å²) in [4.78, 5) is 16.2. The summed E-state index contributed by atoms with van der Waals surface area (Å²) >= 11 is 0. The molecule has 0 fully saturated rings. The third kappa shape index (κ3) is 2.78. The first-order valence-corrected chi connectivity index (χ1v) is 6.81. The molecule has 0 aliphatic heterocycles. The number of hydrogen-bond acceptors (Lipinski definition) is 2. The molecule has 1 aromatic carbocycles. The Balaban J connectivity index is 2.34. The molecule has 0 radical (unpaired) electrons. The fourth-order valence-electron chi connectivity index (χ4n) is 2.40. The molecule has 1 N–H and O–H groups in total. The van der Waals surface area contributed by atoms with E-state index < -0.39 is 0 Å². The second-order valence-corrected chi connectivity index (χ2v) is 5.12. The maximum atomic E-state index is 11.6. The maximum absolute atomic E-state index is 11.6. The van der Waals surface area contributed by atoms with Gasteiger partial charge in [-0.3, -0.25) is 4.79 Å². The summed E-state index contributed by atoms with van der Waals surface area (Å²) in [6.07, 6.45) is 1.41. The van der Waals surface area contributed by atoms with Gasteiger partial charge >= 0.3 is 0 Å². The number of fused-ring (bicyclic) bond motifs is 1. The van der Waals surface area contributed by atoms with Crippen LogP contribution in [0.25, 0.3) is 11.0 Å². The van der Waals surface area contributed by atoms with E-state index in [1.54, 1.807) is 0 Å². The minimum Gasteiger partial charge on any atom is -0.326 e. The first-order chi connectivity index (χ1) is 9.02. The molecule has 102 valence electrons. The molecule has 0 spiro atoms. The minimum absolute atomic E-state index is 0.0573. The zero-order valence-electron chi connectivity index (χ0n) is 12.0. The highest BCUT2D eigenvalue weighted by Crippen LogP contribution is 2.23. The quantitative estimate of drug-likeness (QED) is 0.910. The zero-order chi connectivity index (χ0) is 14.0. The van der Waals surface area contributed by atoms with Crippen LogP contribution in [0.3, 0.4) is 0 Å². The van der Waals surface area contributed by atoms with Crippen molar-refractivity contribution in [2.75, 3.05) is 5.32 Å². The van der Waals surface area contributed by atoms with E-state index >= 15 is 0 Å². The second-order valence-electron chi connectivity index (χ2n) is 5.12. The fraction of sp³-hybridized carbons (Fsp3) is 0.467. The van der Waals surface area contributed by atoms with Gasteiger partial charge < -0.3 is 9.88 Å². The van der Waals surface area contributed by atoms with Crippen molar-refractivity contribution in [1.82, 2.24) is 9.55 Å². The number of aryl methyl sites for hydroxylation is 1. The van der Waals surface area contributed by atoms with E-state index in [4.69, 9.17) is 0 Å². The molecule has 2 aromatic rings. The Bertz CT molecular complexity index is 599. The zero-order valence-corrected chi connectivity index (χ0v) is 12.0. The number of anilines is 1. The highest BCUT2D eigenvalue weighted by atomic mass is 16.1. The molecule has 0 saturated heterocycles. The number of carbonyl (C=O) groups is 1. The molecular formula is C15H21N3O. The molecule has 1 amide bonds. The number of nitrogens with one attached hydrogen (secondary N) is 1. The van der Waals surface area contributed by atoms with Gasteiger partial charge in [0.05, 0.1) is 11.0 Å². The molecule has 0 bridgehead atoms. The maximum Gasteiger partial charge on any atom is 0.224 e.